The molecule has 0 aliphatic rings. The minimum Gasteiger partial charge on any atom is -0.354 e. The summed E-state index contributed by atoms with van der Waals surface area (Å²) in [5.74, 6) is -0.123. The summed E-state index contributed by atoms with van der Waals surface area (Å²) >= 11 is 18.4. The van der Waals surface area contributed by atoms with Gasteiger partial charge in [0, 0.05) is 28.2 Å². The summed E-state index contributed by atoms with van der Waals surface area (Å²) in [5.41, 5.74) is 1.42. The first-order valence-electron chi connectivity index (χ1n) is 9.43. The average molecular weight is 456 g/mol. The number of carbonyl (C=O) groups is 2. The highest BCUT2D eigenvalue weighted by molar-refractivity contribution is 6.36. The maximum atomic E-state index is 13.2. The van der Waals surface area contributed by atoms with Crippen LogP contribution in [0.15, 0.2) is 42.5 Å². The Labute approximate surface area is 187 Å². The molecular weight excluding hydrogens is 431 g/mol. The summed E-state index contributed by atoms with van der Waals surface area (Å²) in [6.07, 6.45) is 0.00783. The van der Waals surface area contributed by atoms with Gasteiger partial charge in [0.15, 0.2) is 0 Å². The standard InChI is InChI=1S/C22H25Cl3N2O2/c1-14(2)12-26-22(29)15(3)27(13-16-7-9-17(23)10-8-16)21(28)11-18-19(24)5-4-6-20(18)25/h4-10,14-15H,11-13H2,1-3H3,(H,26,29). The molecule has 0 saturated carbocycles. The van der Waals surface area contributed by atoms with Gasteiger partial charge in [0.25, 0.3) is 0 Å². The molecule has 1 atom stereocenters. The molecule has 2 aromatic rings. The molecule has 0 spiro atoms. The van der Waals surface area contributed by atoms with E-state index in [1.165, 1.54) is 0 Å². The van der Waals surface area contributed by atoms with Gasteiger partial charge in [0.2, 0.25) is 11.8 Å². The van der Waals surface area contributed by atoms with Crippen LogP contribution in [0.5, 0.6) is 0 Å². The third-order valence-corrected chi connectivity index (χ3v) is 5.47. The Hall–Kier alpha value is -1.75. The zero-order chi connectivity index (χ0) is 21.6. The molecule has 4 nitrogen and oxygen atoms in total. The van der Waals surface area contributed by atoms with Gasteiger partial charge in [-0.05, 0) is 48.2 Å². The van der Waals surface area contributed by atoms with Crippen molar-refractivity contribution in [3.8, 4) is 0 Å². The Morgan fingerprint density at radius 3 is 2.10 bits per heavy atom. The van der Waals surface area contributed by atoms with E-state index in [4.69, 9.17) is 34.8 Å². The molecule has 1 unspecified atom stereocenters. The van der Waals surface area contributed by atoms with Crippen molar-refractivity contribution in [3.05, 3.63) is 68.7 Å². The van der Waals surface area contributed by atoms with E-state index in [0.29, 0.717) is 33.1 Å². The van der Waals surface area contributed by atoms with E-state index in [9.17, 15) is 9.59 Å². The number of benzene rings is 2. The summed E-state index contributed by atoms with van der Waals surface area (Å²) in [6.45, 7) is 6.57. The molecule has 1 N–H and O–H groups in total. The summed E-state index contributed by atoms with van der Waals surface area (Å²) in [7, 11) is 0. The second-order valence-corrected chi connectivity index (χ2v) is 8.59. The van der Waals surface area contributed by atoms with Crippen LogP contribution in [0.4, 0.5) is 0 Å². The van der Waals surface area contributed by atoms with Crippen LogP contribution in [0.3, 0.4) is 0 Å². The number of carbonyl (C=O) groups excluding carboxylic acids is 2. The van der Waals surface area contributed by atoms with Gasteiger partial charge in [-0.15, -0.1) is 0 Å². The molecule has 0 fully saturated rings. The van der Waals surface area contributed by atoms with E-state index in [1.54, 1.807) is 42.2 Å². The lowest BCUT2D eigenvalue weighted by molar-refractivity contribution is -0.140. The predicted octanol–water partition coefficient (Wildman–Crippen LogP) is 5.38. The molecule has 7 heteroatoms. The van der Waals surface area contributed by atoms with Crippen molar-refractivity contribution < 1.29 is 9.59 Å². The number of nitrogens with zero attached hydrogens (tertiary/aromatic N) is 1. The van der Waals surface area contributed by atoms with Gasteiger partial charge in [-0.1, -0.05) is 66.8 Å². The molecule has 2 rings (SSSR count). The predicted molar refractivity (Wildman–Crippen MR) is 119 cm³/mol. The number of halogens is 3. The van der Waals surface area contributed by atoms with E-state index in [0.717, 1.165) is 5.56 Å². The first-order chi connectivity index (χ1) is 13.7. The van der Waals surface area contributed by atoms with Crippen molar-refractivity contribution in [1.29, 1.82) is 0 Å². The van der Waals surface area contributed by atoms with E-state index in [1.807, 2.05) is 26.0 Å². The Kier molecular flexibility index (Phi) is 8.81. The largest absolute Gasteiger partial charge is 0.354 e. The molecule has 0 heterocycles. The molecule has 2 amide bonds. The molecule has 0 bridgehead atoms. The highest BCUT2D eigenvalue weighted by atomic mass is 35.5. The van der Waals surface area contributed by atoms with Gasteiger partial charge in [0.05, 0.1) is 6.42 Å². The fourth-order valence-corrected chi connectivity index (χ4v) is 3.43. The summed E-state index contributed by atoms with van der Waals surface area (Å²) in [6, 6.07) is 11.6. The number of hydrogen-bond acceptors (Lipinski definition) is 2. The lowest BCUT2D eigenvalue weighted by atomic mass is 10.1. The maximum absolute atomic E-state index is 13.2. The van der Waals surface area contributed by atoms with Crippen LogP contribution in [-0.4, -0.2) is 29.3 Å². The van der Waals surface area contributed by atoms with Crippen molar-refractivity contribution in [1.82, 2.24) is 10.2 Å². The van der Waals surface area contributed by atoms with Crippen LogP contribution in [0.25, 0.3) is 0 Å². The molecule has 0 radical (unpaired) electrons. The fraction of sp³-hybridized carbons (Fsp3) is 0.364. The third kappa shape index (κ3) is 6.91. The number of rotatable bonds is 8. The van der Waals surface area contributed by atoms with Crippen LogP contribution in [0.2, 0.25) is 15.1 Å². The van der Waals surface area contributed by atoms with Gasteiger partial charge in [-0.3, -0.25) is 9.59 Å². The Bertz CT molecular complexity index is 833. The maximum Gasteiger partial charge on any atom is 0.242 e. The molecule has 2 aromatic carbocycles. The molecule has 0 aromatic heterocycles. The van der Waals surface area contributed by atoms with E-state index in [-0.39, 0.29) is 24.8 Å². The molecule has 0 saturated heterocycles. The zero-order valence-corrected chi connectivity index (χ0v) is 19.0. The average Bonchev–Trinajstić information content (AvgIpc) is 2.67. The molecule has 29 heavy (non-hydrogen) atoms. The first kappa shape index (κ1) is 23.5. The Balaban J connectivity index is 2.26. The lowest BCUT2D eigenvalue weighted by Gasteiger charge is -2.29. The Morgan fingerprint density at radius 2 is 1.55 bits per heavy atom. The minimum absolute atomic E-state index is 0.00783. The van der Waals surface area contributed by atoms with Crippen molar-refractivity contribution in [2.24, 2.45) is 5.92 Å². The number of nitrogens with one attached hydrogen (secondary N) is 1. The second-order valence-electron chi connectivity index (χ2n) is 7.34. The van der Waals surface area contributed by atoms with E-state index < -0.39 is 6.04 Å². The second kappa shape index (κ2) is 10.9. The smallest absolute Gasteiger partial charge is 0.242 e. The van der Waals surface area contributed by atoms with E-state index in [2.05, 4.69) is 5.32 Å². The topological polar surface area (TPSA) is 49.4 Å². The first-order valence-corrected chi connectivity index (χ1v) is 10.6. The van der Waals surface area contributed by atoms with Crippen LogP contribution < -0.4 is 5.32 Å². The Morgan fingerprint density at radius 1 is 0.966 bits per heavy atom. The zero-order valence-electron chi connectivity index (χ0n) is 16.7. The summed E-state index contributed by atoms with van der Waals surface area (Å²) in [4.78, 5) is 27.4. The lowest BCUT2D eigenvalue weighted by Crippen LogP contribution is -2.48. The van der Waals surface area contributed by atoms with Crippen LogP contribution in [0, 0.1) is 5.92 Å². The van der Waals surface area contributed by atoms with Gasteiger partial charge >= 0.3 is 0 Å². The molecule has 0 aliphatic carbocycles. The van der Waals surface area contributed by atoms with Crippen LogP contribution in [0.1, 0.15) is 31.9 Å². The summed E-state index contributed by atoms with van der Waals surface area (Å²) < 4.78 is 0. The molecule has 0 aliphatic heterocycles. The van der Waals surface area contributed by atoms with Crippen LogP contribution in [-0.2, 0) is 22.6 Å². The van der Waals surface area contributed by atoms with E-state index >= 15 is 0 Å². The van der Waals surface area contributed by atoms with Gasteiger partial charge in [-0.2, -0.15) is 0 Å². The highest BCUT2D eigenvalue weighted by Gasteiger charge is 2.27. The quantitative estimate of drug-likeness (QED) is 0.581. The van der Waals surface area contributed by atoms with Crippen LogP contribution >= 0.6 is 34.8 Å². The highest BCUT2D eigenvalue weighted by Crippen LogP contribution is 2.26. The van der Waals surface area contributed by atoms with Crippen molar-refractivity contribution in [2.75, 3.05) is 6.54 Å². The molecular formula is C22H25Cl3N2O2. The molecule has 156 valence electrons. The monoisotopic (exact) mass is 454 g/mol. The SMILES string of the molecule is CC(C)CNC(=O)C(C)N(Cc1ccc(Cl)cc1)C(=O)Cc1c(Cl)cccc1Cl. The summed E-state index contributed by atoms with van der Waals surface area (Å²) in [5, 5.41) is 4.35. The van der Waals surface area contributed by atoms with Crippen molar-refractivity contribution >= 4 is 46.6 Å². The number of amides is 2. The minimum atomic E-state index is -0.654. The third-order valence-electron chi connectivity index (χ3n) is 4.51. The van der Waals surface area contributed by atoms with Crippen molar-refractivity contribution in [2.45, 2.75) is 39.8 Å². The fourth-order valence-electron chi connectivity index (χ4n) is 2.78. The normalized spacial score (nSPS) is 12.0. The van der Waals surface area contributed by atoms with Gasteiger partial charge in [0.1, 0.15) is 6.04 Å². The number of hydrogen-bond donors (Lipinski definition) is 1. The van der Waals surface area contributed by atoms with Gasteiger partial charge < -0.3 is 10.2 Å². The van der Waals surface area contributed by atoms with Gasteiger partial charge in [-0.25, -0.2) is 0 Å². The van der Waals surface area contributed by atoms with Crippen molar-refractivity contribution in [3.63, 3.8) is 0 Å².